The minimum atomic E-state index is -0.963. The standard InChI is InChI=1S/C14H13F2N3O2/c15-11-2-1-10(7-12(11)16)21-14-8-13(17-9-18-14)19-3-5-20-6-4-19/h1-2,7-9H,3-6H2. The minimum Gasteiger partial charge on any atom is -0.439 e. The average molecular weight is 293 g/mol. The molecule has 0 radical (unpaired) electrons. The molecule has 1 fully saturated rings. The summed E-state index contributed by atoms with van der Waals surface area (Å²) >= 11 is 0. The maximum atomic E-state index is 13.1. The van der Waals surface area contributed by atoms with Gasteiger partial charge >= 0.3 is 0 Å². The second kappa shape index (κ2) is 6.01. The Kier molecular flexibility index (Phi) is 3.92. The maximum Gasteiger partial charge on any atom is 0.224 e. The molecule has 7 heteroatoms. The molecule has 0 amide bonds. The summed E-state index contributed by atoms with van der Waals surface area (Å²) in [5.74, 6) is -0.710. The second-order valence-corrected chi connectivity index (χ2v) is 4.49. The lowest BCUT2D eigenvalue weighted by Gasteiger charge is -2.27. The summed E-state index contributed by atoms with van der Waals surface area (Å²) in [7, 11) is 0. The van der Waals surface area contributed by atoms with Gasteiger partial charge < -0.3 is 14.4 Å². The molecule has 0 spiro atoms. The molecule has 1 aromatic carbocycles. The van der Waals surface area contributed by atoms with Crippen molar-refractivity contribution >= 4 is 5.82 Å². The van der Waals surface area contributed by atoms with Crippen LogP contribution in [0.1, 0.15) is 0 Å². The molecule has 2 heterocycles. The van der Waals surface area contributed by atoms with E-state index < -0.39 is 11.6 Å². The van der Waals surface area contributed by atoms with Crippen molar-refractivity contribution < 1.29 is 18.3 Å². The number of hydrogen-bond donors (Lipinski definition) is 0. The molecule has 0 saturated carbocycles. The van der Waals surface area contributed by atoms with Crippen LogP contribution >= 0.6 is 0 Å². The zero-order valence-corrected chi connectivity index (χ0v) is 11.1. The fourth-order valence-electron chi connectivity index (χ4n) is 2.01. The molecule has 5 nitrogen and oxygen atoms in total. The Hall–Kier alpha value is -2.28. The van der Waals surface area contributed by atoms with E-state index in [-0.39, 0.29) is 11.6 Å². The number of rotatable bonds is 3. The third kappa shape index (κ3) is 3.25. The van der Waals surface area contributed by atoms with Crippen molar-refractivity contribution in [3.63, 3.8) is 0 Å². The summed E-state index contributed by atoms with van der Waals surface area (Å²) in [5, 5.41) is 0. The van der Waals surface area contributed by atoms with Crippen LogP contribution in [0.3, 0.4) is 0 Å². The predicted molar refractivity (Wildman–Crippen MR) is 71.5 cm³/mol. The lowest BCUT2D eigenvalue weighted by atomic mass is 10.3. The molecule has 21 heavy (non-hydrogen) atoms. The molecule has 1 aliphatic rings. The van der Waals surface area contributed by atoms with Gasteiger partial charge in [-0.25, -0.2) is 18.7 Å². The smallest absolute Gasteiger partial charge is 0.224 e. The Labute approximate surface area is 120 Å². The first-order valence-electron chi connectivity index (χ1n) is 6.50. The minimum absolute atomic E-state index is 0.181. The number of aromatic nitrogens is 2. The highest BCUT2D eigenvalue weighted by molar-refractivity contribution is 5.42. The van der Waals surface area contributed by atoms with Crippen LogP contribution in [0.4, 0.5) is 14.6 Å². The summed E-state index contributed by atoms with van der Waals surface area (Å²) in [4.78, 5) is 10.2. The number of ether oxygens (including phenoxy) is 2. The molecule has 0 atom stereocenters. The van der Waals surface area contributed by atoms with E-state index in [1.807, 2.05) is 4.90 Å². The van der Waals surface area contributed by atoms with Crippen LogP contribution in [0.2, 0.25) is 0 Å². The molecule has 1 aromatic heterocycles. The molecule has 110 valence electrons. The Balaban J connectivity index is 1.77. The lowest BCUT2D eigenvalue weighted by molar-refractivity contribution is 0.122. The molecule has 0 bridgehead atoms. The fraction of sp³-hybridized carbons (Fsp3) is 0.286. The molecular weight excluding hydrogens is 280 g/mol. The number of nitrogens with zero attached hydrogens (tertiary/aromatic N) is 3. The number of benzene rings is 1. The van der Waals surface area contributed by atoms with E-state index in [1.165, 1.54) is 12.4 Å². The topological polar surface area (TPSA) is 47.5 Å². The van der Waals surface area contributed by atoms with Crippen molar-refractivity contribution in [1.29, 1.82) is 0 Å². The monoisotopic (exact) mass is 293 g/mol. The highest BCUT2D eigenvalue weighted by atomic mass is 19.2. The molecule has 3 rings (SSSR count). The van der Waals surface area contributed by atoms with Crippen LogP contribution in [0.25, 0.3) is 0 Å². The van der Waals surface area contributed by atoms with E-state index in [0.717, 1.165) is 25.2 Å². The highest BCUT2D eigenvalue weighted by Gasteiger charge is 2.14. The van der Waals surface area contributed by atoms with Crippen molar-refractivity contribution in [3.05, 3.63) is 42.2 Å². The van der Waals surface area contributed by atoms with Gasteiger partial charge in [-0.3, -0.25) is 0 Å². The number of anilines is 1. The van der Waals surface area contributed by atoms with Gasteiger partial charge in [0.25, 0.3) is 0 Å². The van der Waals surface area contributed by atoms with Crippen molar-refractivity contribution in [2.75, 3.05) is 31.2 Å². The van der Waals surface area contributed by atoms with Crippen LogP contribution in [0, 0.1) is 11.6 Å². The Morgan fingerprint density at radius 2 is 1.86 bits per heavy atom. The SMILES string of the molecule is Fc1ccc(Oc2cc(N3CCOCC3)ncn2)cc1F. The Bertz CT molecular complexity index is 633. The van der Waals surface area contributed by atoms with Gasteiger partial charge in [-0.2, -0.15) is 0 Å². The van der Waals surface area contributed by atoms with Crippen LogP contribution in [0.5, 0.6) is 11.6 Å². The maximum absolute atomic E-state index is 13.1. The van der Waals surface area contributed by atoms with Crippen molar-refractivity contribution in [3.8, 4) is 11.6 Å². The second-order valence-electron chi connectivity index (χ2n) is 4.49. The lowest BCUT2D eigenvalue weighted by Crippen LogP contribution is -2.36. The van der Waals surface area contributed by atoms with Gasteiger partial charge in [0.05, 0.1) is 13.2 Å². The predicted octanol–water partition coefficient (Wildman–Crippen LogP) is 2.38. The summed E-state index contributed by atoms with van der Waals surface area (Å²) in [6.07, 6.45) is 1.38. The number of hydrogen-bond acceptors (Lipinski definition) is 5. The summed E-state index contributed by atoms with van der Waals surface area (Å²) in [6.45, 7) is 2.76. The van der Waals surface area contributed by atoms with Gasteiger partial charge in [0.1, 0.15) is 17.9 Å². The average Bonchev–Trinajstić information content (AvgIpc) is 2.52. The third-order valence-corrected chi connectivity index (χ3v) is 3.08. The van der Waals surface area contributed by atoms with E-state index in [9.17, 15) is 8.78 Å². The molecule has 0 N–H and O–H groups in total. The summed E-state index contributed by atoms with van der Waals surface area (Å²) in [6, 6.07) is 4.99. The number of morpholine rings is 1. The third-order valence-electron chi connectivity index (χ3n) is 3.08. The van der Waals surface area contributed by atoms with Crippen molar-refractivity contribution in [1.82, 2.24) is 9.97 Å². The molecule has 0 aliphatic carbocycles. The molecular formula is C14H13F2N3O2. The zero-order chi connectivity index (χ0) is 14.7. The first-order chi connectivity index (χ1) is 10.2. The first kappa shape index (κ1) is 13.7. The van der Waals surface area contributed by atoms with Crippen LogP contribution in [-0.2, 0) is 4.74 Å². The van der Waals surface area contributed by atoms with E-state index in [2.05, 4.69) is 9.97 Å². The van der Waals surface area contributed by atoms with Gasteiger partial charge in [0.15, 0.2) is 11.6 Å². The summed E-state index contributed by atoms with van der Waals surface area (Å²) in [5.41, 5.74) is 0. The van der Waals surface area contributed by atoms with Crippen LogP contribution < -0.4 is 9.64 Å². The Morgan fingerprint density at radius 3 is 2.62 bits per heavy atom. The molecule has 1 aliphatic heterocycles. The zero-order valence-electron chi connectivity index (χ0n) is 11.1. The van der Waals surface area contributed by atoms with Gasteiger partial charge in [0, 0.05) is 25.2 Å². The van der Waals surface area contributed by atoms with E-state index in [4.69, 9.17) is 9.47 Å². The van der Waals surface area contributed by atoms with Gasteiger partial charge in [-0.05, 0) is 12.1 Å². The van der Waals surface area contributed by atoms with Crippen LogP contribution in [0.15, 0.2) is 30.6 Å². The Morgan fingerprint density at radius 1 is 1.05 bits per heavy atom. The summed E-state index contributed by atoms with van der Waals surface area (Å²) < 4.78 is 36.7. The molecule has 1 saturated heterocycles. The molecule has 2 aromatic rings. The quantitative estimate of drug-likeness (QED) is 0.869. The van der Waals surface area contributed by atoms with Gasteiger partial charge in [-0.15, -0.1) is 0 Å². The largest absolute Gasteiger partial charge is 0.439 e. The van der Waals surface area contributed by atoms with Gasteiger partial charge in [0.2, 0.25) is 5.88 Å². The van der Waals surface area contributed by atoms with Crippen molar-refractivity contribution in [2.45, 2.75) is 0 Å². The highest BCUT2D eigenvalue weighted by Crippen LogP contribution is 2.24. The first-order valence-corrected chi connectivity index (χ1v) is 6.50. The normalized spacial score (nSPS) is 15.0. The number of halogens is 2. The van der Waals surface area contributed by atoms with Gasteiger partial charge in [-0.1, -0.05) is 0 Å². The van der Waals surface area contributed by atoms with Crippen molar-refractivity contribution in [2.24, 2.45) is 0 Å². The van der Waals surface area contributed by atoms with E-state index >= 15 is 0 Å². The van der Waals surface area contributed by atoms with E-state index in [0.29, 0.717) is 19.0 Å². The fourth-order valence-corrected chi connectivity index (χ4v) is 2.01. The van der Waals surface area contributed by atoms with E-state index in [1.54, 1.807) is 6.07 Å². The molecule has 0 unspecified atom stereocenters. The van der Waals surface area contributed by atoms with Crippen LogP contribution in [-0.4, -0.2) is 36.3 Å².